The summed E-state index contributed by atoms with van der Waals surface area (Å²) < 4.78 is 132. The number of benzene rings is 2. The molecule has 1 fully saturated rings. The molecule has 46 heavy (non-hydrogen) atoms. The first kappa shape index (κ1) is 34.5. The van der Waals surface area contributed by atoms with Crippen molar-refractivity contribution in [2.45, 2.75) is 43.9 Å². The number of aliphatic carboxylic acids is 1. The fourth-order valence-electron chi connectivity index (χ4n) is 5.01. The molecule has 0 bridgehead atoms. The number of rotatable bonds is 7. The minimum absolute atomic E-state index is 0.0505. The third kappa shape index (κ3) is 7.04. The largest absolute Gasteiger partial charge is 0.480 e. The molecule has 0 aliphatic carbocycles. The molecule has 2 unspecified atom stereocenters. The second-order valence-corrected chi connectivity index (χ2v) is 10.4. The number of aromatic nitrogens is 1. The minimum atomic E-state index is -5.03. The van der Waals surface area contributed by atoms with Gasteiger partial charge < -0.3 is 25.0 Å². The fourth-order valence-corrected chi connectivity index (χ4v) is 5.01. The highest BCUT2D eigenvalue weighted by Gasteiger charge is 2.47. The molecule has 1 saturated heterocycles. The van der Waals surface area contributed by atoms with Gasteiger partial charge in [-0.2, -0.15) is 26.3 Å². The molecular formula is C29H24F9N3O5. The molecule has 1 aromatic heterocycles. The third-order valence-corrected chi connectivity index (χ3v) is 7.36. The Morgan fingerprint density at radius 2 is 1.67 bits per heavy atom. The van der Waals surface area contributed by atoms with Crippen LogP contribution in [0.15, 0.2) is 41.2 Å². The van der Waals surface area contributed by atoms with Crippen LogP contribution in [0.25, 0.3) is 11.1 Å². The van der Waals surface area contributed by atoms with E-state index in [0.29, 0.717) is 24.3 Å². The maximum atomic E-state index is 15.2. The summed E-state index contributed by atoms with van der Waals surface area (Å²) in [7, 11) is 1.19. The van der Waals surface area contributed by atoms with Crippen molar-refractivity contribution in [1.29, 1.82) is 0 Å². The molecule has 4 rings (SSSR count). The first-order valence-electron chi connectivity index (χ1n) is 13.3. The number of carbonyl (C=O) groups excluding carboxylic acids is 1. The number of morpholine rings is 1. The summed E-state index contributed by atoms with van der Waals surface area (Å²) in [6, 6.07) is -0.245. The number of nitrogens with zero attached hydrogens (tertiary/aromatic N) is 1. The molecule has 3 N–H and O–H groups in total. The van der Waals surface area contributed by atoms with Crippen LogP contribution in [0, 0.1) is 24.4 Å². The Hall–Kier alpha value is -4.38. The zero-order chi connectivity index (χ0) is 34.3. The lowest BCUT2D eigenvalue weighted by molar-refractivity contribution is -0.197. The predicted octanol–water partition coefficient (Wildman–Crippen LogP) is 4.81. The van der Waals surface area contributed by atoms with Gasteiger partial charge >= 0.3 is 18.3 Å². The number of aryl methyl sites for hydroxylation is 1. The first-order chi connectivity index (χ1) is 21.3. The van der Waals surface area contributed by atoms with Crippen LogP contribution in [0.1, 0.15) is 38.8 Å². The van der Waals surface area contributed by atoms with E-state index in [4.69, 9.17) is 4.74 Å². The van der Waals surface area contributed by atoms with Crippen molar-refractivity contribution in [3.8, 4) is 11.1 Å². The van der Waals surface area contributed by atoms with Crippen LogP contribution in [-0.4, -0.2) is 53.0 Å². The summed E-state index contributed by atoms with van der Waals surface area (Å²) in [5.41, 5.74) is -6.41. The second-order valence-electron chi connectivity index (χ2n) is 10.4. The maximum Gasteiger partial charge on any atom is 0.417 e. The Morgan fingerprint density at radius 3 is 2.22 bits per heavy atom. The van der Waals surface area contributed by atoms with Gasteiger partial charge in [-0.3, -0.25) is 9.59 Å². The number of carboxylic acids is 1. The van der Waals surface area contributed by atoms with Gasteiger partial charge in [-0.25, -0.2) is 18.0 Å². The standard InChI is InChI=1S/C29H24F9N3O5/c1-12-7-16(28(33,34)35)21(26(43)41(12)2)15-4-3-13(8-17(15)30)9-20(27(44)45)40-25(42)22-18(31)10-14(11-19(22)32)23-24(29(36,37)38)39-5-6-46-23/h3-4,7-8,10-11,20,23-24,39H,5-6,9H2,1-2H3,(H,40,42)(H,44,45)/t20?,23-,24?/m1/s1. The first-order valence-corrected chi connectivity index (χ1v) is 13.3. The van der Waals surface area contributed by atoms with Crippen molar-refractivity contribution < 1.29 is 58.9 Å². The summed E-state index contributed by atoms with van der Waals surface area (Å²) in [4.78, 5) is 37.3. The summed E-state index contributed by atoms with van der Waals surface area (Å²) >= 11 is 0. The second kappa shape index (κ2) is 12.8. The molecule has 0 radical (unpaired) electrons. The summed E-state index contributed by atoms with van der Waals surface area (Å²) in [6.07, 6.45) is -12.5. The van der Waals surface area contributed by atoms with Gasteiger partial charge in [-0.15, -0.1) is 0 Å². The molecule has 8 nitrogen and oxygen atoms in total. The topological polar surface area (TPSA) is 110 Å². The minimum Gasteiger partial charge on any atom is -0.480 e. The van der Waals surface area contributed by atoms with Crippen molar-refractivity contribution in [3.05, 3.63) is 92.2 Å². The highest BCUT2D eigenvalue weighted by Crippen LogP contribution is 2.37. The van der Waals surface area contributed by atoms with Crippen LogP contribution >= 0.6 is 0 Å². The normalized spacial score (nSPS) is 17.9. The van der Waals surface area contributed by atoms with E-state index in [-0.39, 0.29) is 24.4 Å². The summed E-state index contributed by atoms with van der Waals surface area (Å²) in [6.45, 7) is 0.849. The van der Waals surface area contributed by atoms with Crippen LogP contribution in [0.5, 0.6) is 0 Å². The van der Waals surface area contributed by atoms with E-state index >= 15 is 4.39 Å². The summed E-state index contributed by atoms with van der Waals surface area (Å²) in [5.74, 6) is -7.94. The number of carboxylic acid groups (broad SMARTS) is 1. The van der Waals surface area contributed by atoms with Gasteiger partial charge in [0, 0.05) is 31.3 Å². The Labute approximate surface area is 253 Å². The van der Waals surface area contributed by atoms with E-state index in [1.165, 1.54) is 14.0 Å². The Kier molecular flexibility index (Phi) is 9.59. The van der Waals surface area contributed by atoms with Crippen molar-refractivity contribution in [2.24, 2.45) is 7.05 Å². The number of nitrogens with one attached hydrogen (secondary N) is 2. The molecule has 3 atom stereocenters. The van der Waals surface area contributed by atoms with E-state index in [9.17, 15) is 54.6 Å². The van der Waals surface area contributed by atoms with Crippen molar-refractivity contribution in [3.63, 3.8) is 0 Å². The molecule has 3 aromatic rings. The van der Waals surface area contributed by atoms with Crippen molar-refractivity contribution >= 4 is 11.9 Å². The van der Waals surface area contributed by atoms with E-state index in [2.05, 4.69) is 5.32 Å². The lowest BCUT2D eigenvalue weighted by Crippen LogP contribution is -2.52. The lowest BCUT2D eigenvalue weighted by atomic mass is 9.96. The average Bonchev–Trinajstić information content (AvgIpc) is 2.94. The SMILES string of the molecule is Cc1cc(C(F)(F)F)c(-c2ccc(CC(NC(=O)c3c(F)cc([C@H]4OCCNC4C(F)(F)F)cc3F)C(=O)O)cc2F)c(=O)n1C. The molecule has 1 amide bonds. The molecule has 17 heteroatoms. The molecule has 0 saturated carbocycles. The van der Waals surface area contributed by atoms with E-state index in [1.807, 2.05) is 5.32 Å². The van der Waals surface area contributed by atoms with Gasteiger partial charge in [-0.1, -0.05) is 12.1 Å². The Bertz CT molecular complexity index is 1710. The smallest absolute Gasteiger partial charge is 0.417 e. The number of hydrogen-bond acceptors (Lipinski definition) is 5. The van der Waals surface area contributed by atoms with Crippen LogP contribution in [0.4, 0.5) is 39.5 Å². The Balaban J connectivity index is 1.60. The third-order valence-electron chi connectivity index (χ3n) is 7.36. The molecule has 0 spiro atoms. The highest BCUT2D eigenvalue weighted by molar-refractivity contribution is 5.97. The molecule has 248 valence electrons. The predicted molar refractivity (Wildman–Crippen MR) is 142 cm³/mol. The number of amides is 1. The zero-order valence-electron chi connectivity index (χ0n) is 23.7. The number of carbonyl (C=O) groups is 2. The molecular weight excluding hydrogens is 641 g/mol. The van der Waals surface area contributed by atoms with Gasteiger partial charge in [0.15, 0.2) is 0 Å². The van der Waals surface area contributed by atoms with Crippen LogP contribution in [0.2, 0.25) is 0 Å². The molecule has 2 heterocycles. The average molecular weight is 666 g/mol. The lowest BCUT2D eigenvalue weighted by Gasteiger charge is -2.34. The van der Waals surface area contributed by atoms with Crippen LogP contribution < -0.4 is 16.2 Å². The van der Waals surface area contributed by atoms with Crippen molar-refractivity contribution in [1.82, 2.24) is 15.2 Å². The quantitative estimate of drug-likeness (QED) is 0.313. The van der Waals surface area contributed by atoms with Gasteiger partial charge in [0.05, 0.1) is 17.7 Å². The zero-order valence-corrected chi connectivity index (χ0v) is 23.7. The van der Waals surface area contributed by atoms with Gasteiger partial charge in [-0.05, 0) is 42.3 Å². The van der Waals surface area contributed by atoms with Gasteiger partial charge in [0.25, 0.3) is 11.5 Å². The van der Waals surface area contributed by atoms with Gasteiger partial charge in [0.1, 0.15) is 41.2 Å². The molecule has 1 aliphatic heterocycles. The van der Waals surface area contributed by atoms with Crippen LogP contribution in [0.3, 0.4) is 0 Å². The monoisotopic (exact) mass is 665 g/mol. The van der Waals surface area contributed by atoms with Crippen LogP contribution in [-0.2, 0) is 29.2 Å². The number of pyridine rings is 1. The van der Waals surface area contributed by atoms with E-state index < -0.39 is 99.7 Å². The number of hydrogen-bond donors (Lipinski definition) is 3. The van der Waals surface area contributed by atoms with E-state index in [1.54, 1.807) is 0 Å². The fraction of sp³-hybridized carbons (Fsp3) is 0.345. The van der Waals surface area contributed by atoms with Gasteiger partial charge in [0.2, 0.25) is 0 Å². The molecule has 2 aromatic carbocycles. The van der Waals surface area contributed by atoms with E-state index in [0.717, 1.165) is 16.7 Å². The molecule has 1 aliphatic rings. The number of alkyl halides is 6. The summed E-state index contributed by atoms with van der Waals surface area (Å²) in [5, 5.41) is 13.6. The number of ether oxygens (including phenoxy) is 1. The maximum absolute atomic E-state index is 15.2. The number of halogens is 9. The Morgan fingerprint density at radius 1 is 1.04 bits per heavy atom. The highest BCUT2D eigenvalue weighted by atomic mass is 19.4. The van der Waals surface area contributed by atoms with Crippen molar-refractivity contribution in [2.75, 3.05) is 13.2 Å².